The lowest BCUT2D eigenvalue weighted by molar-refractivity contribution is 0.626. The molecule has 1 aliphatic heterocycles. The van der Waals surface area contributed by atoms with Crippen molar-refractivity contribution < 1.29 is 0 Å². The average Bonchev–Trinajstić information content (AvgIpc) is 2.38. The molecule has 1 aromatic heterocycles. The minimum absolute atomic E-state index is 0.902. The van der Waals surface area contributed by atoms with Crippen LogP contribution in [0.25, 0.3) is 0 Å². The quantitative estimate of drug-likeness (QED) is 0.669. The third-order valence-electron chi connectivity index (χ3n) is 1.99. The molecule has 0 spiro atoms. The van der Waals surface area contributed by atoms with Gasteiger partial charge in [-0.05, 0) is 44.9 Å². The molecule has 0 radical (unpaired) electrons. The van der Waals surface area contributed by atoms with E-state index in [2.05, 4.69) is 54.7 Å². The number of hydrogen-bond acceptors (Lipinski definition) is 2. The van der Waals surface area contributed by atoms with E-state index in [1.807, 2.05) is 17.8 Å². The van der Waals surface area contributed by atoms with Crippen LogP contribution < -0.4 is 4.90 Å². The van der Waals surface area contributed by atoms with Crippen molar-refractivity contribution in [2.75, 3.05) is 11.9 Å². The van der Waals surface area contributed by atoms with E-state index in [-0.39, 0.29) is 0 Å². The summed E-state index contributed by atoms with van der Waals surface area (Å²) in [5, 5.41) is 4.35. The fraction of sp³-hybridized carbons (Fsp3) is 0.375. The fourth-order valence-electron chi connectivity index (χ4n) is 1.38. The molecular weight excluding hydrogens is 345 g/mol. The van der Waals surface area contributed by atoms with Crippen molar-refractivity contribution in [1.29, 1.82) is 0 Å². The summed E-state index contributed by atoms with van der Waals surface area (Å²) in [6, 6.07) is 2.03. The maximum Gasteiger partial charge on any atom is 0.131 e. The van der Waals surface area contributed by atoms with Crippen molar-refractivity contribution >= 4 is 44.3 Å². The van der Waals surface area contributed by atoms with Crippen LogP contribution in [0.15, 0.2) is 20.4 Å². The van der Waals surface area contributed by atoms with Gasteiger partial charge in [-0.3, -0.25) is 0 Å². The van der Waals surface area contributed by atoms with E-state index >= 15 is 0 Å². The van der Waals surface area contributed by atoms with Gasteiger partial charge in [0.05, 0.1) is 0 Å². The highest BCUT2D eigenvalue weighted by molar-refractivity contribution is 14.1. The number of rotatable bonds is 0. The molecule has 2 heterocycles. The molecule has 0 saturated heterocycles. The minimum Gasteiger partial charge on any atom is -0.336 e. The van der Waals surface area contributed by atoms with Crippen LogP contribution in [0.2, 0.25) is 0 Å². The van der Waals surface area contributed by atoms with Crippen molar-refractivity contribution in [3.63, 3.8) is 0 Å². The Morgan fingerprint density at radius 1 is 1.62 bits per heavy atom. The SMILES string of the molecule is CN1C=C(I)CCn2nc(Br)cc21. The second-order valence-electron chi connectivity index (χ2n) is 2.99. The highest BCUT2D eigenvalue weighted by atomic mass is 127. The predicted octanol–water partition coefficient (Wildman–Crippen LogP) is 2.76. The van der Waals surface area contributed by atoms with Gasteiger partial charge in [0.2, 0.25) is 0 Å². The monoisotopic (exact) mass is 353 g/mol. The molecule has 13 heavy (non-hydrogen) atoms. The van der Waals surface area contributed by atoms with E-state index in [0.29, 0.717) is 0 Å². The van der Waals surface area contributed by atoms with Crippen LogP contribution in [0.4, 0.5) is 5.82 Å². The predicted molar refractivity (Wildman–Crippen MR) is 65.1 cm³/mol. The molecule has 0 unspecified atom stereocenters. The Morgan fingerprint density at radius 3 is 3.15 bits per heavy atom. The van der Waals surface area contributed by atoms with Crippen LogP contribution in [-0.2, 0) is 6.54 Å². The highest BCUT2D eigenvalue weighted by Crippen LogP contribution is 2.26. The molecular formula is C8H9BrIN3. The first-order chi connectivity index (χ1) is 6.16. The molecule has 0 saturated carbocycles. The van der Waals surface area contributed by atoms with E-state index in [1.165, 1.54) is 3.58 Å². The molecule has 0 bridgehead atoms. The number of fused-ring (bicyclic) bond motifs is 1. The van der Waals surface area contributed by atoms with Crippen molar-refractivity contribution in [1.82, 2.24) is 9.78 Å². The van der Waals surface area contributed by atoms with Gasteiger partial charge in [0.25, 0.3) is 0 Å². The summed E-state index contributed by atoms with van der Waals surface area (Å²) in [5.74, 6) is 1.14. The molecule has 70 valence electrons. The zero-order valence-electron chi connectivity index (χ0n) is 7.17. The largest absolute Gasteiger partial charge is 0.336 e. The Hall–Kier alpha value is -0.0400. The van der Waals surface area contributed by atoms with E-state index < -0.39 is 0 Å². The van der Waals surface area contributed by atoms with E-state index in [4.69, 9.17) is 0 Å². The zero-order valence-corrected chi connectivity index (χ0v) is 10.9. The highest BCUT2D eigenvalue weighted by Gasteiger charge is 2.13. The van der Waals surface area contributed by atoms with Crippen LogP contribution in [0.5, 0.6) is 0 Å². The summed E-state index contributed by atoms with van der Waals surface area (Å²) in [5.41, 5.74) is 0. The van der Waals surface area contributed by atoms with Crippen LogP contribution in [0, 0.1) is 0 Å². The lowest BCUT2D eigenvalue weighted by Crippen LogP contribution is -2.11. The molecule has 3 nitrogen and oxygen atoms in total. The topological polar surface area (TPSA) is 21.1 Å². The van der Waals surface area contributed by atoms with Crippen LogP contribution in [-0.4, -0.2) is 16.8 Å². The number of nitrogens with zero attached hydrogens (tertiary/aromatic N) is 3. The molecule has 1 aromatic rings. The Bertz CT molecular complexity index is 358. The Morgan fingerprint density at radius 2 is 2.38 bits per heavy atom. The minimum atomic E-state index is 0.902. The molecule has 5 heteroatoms. The molecule has 1 aliphatic rings. The number of aryl methyl sites for hydroxylation is 1. The first-order valence-corrected chi connectivity index (χ1v) is 5.86. The van der Waals surface area contributed by atoms with Crippen LogP contribution in [0.3, 0.4) is 0 Å². The first kappa shape index (κ1) is 9.51. The van der Waals surface area contributed by atoms with Gasteiger partial charge in [0, 0.05) is 29.4 Å². The van der Waals surface area contributed by atoms with Gasteiger partial charge in [0.15, 0.2) is 0 Å². The smallest absolute Gasteiger partial charge is 0.131 e. The normalized spacial score (nSPS) is 16.5. The van der Waals surface area contributed by atoms with Gasteiger partial charge in [-0.1, -0.05) is 0 Å². The van der Waals surface area contributed by atoms with Gasteiger partial charge in [-0.15, -0.1) is 0 Å². The second kappa shape index (κ2) is 3.61. The van der Waals surface area contributed by atoms with E-state index in [0.717, 1.165) is 23.4 Å². The first-order valence-electron chi connectivity index (χ1n) is 3.99. The van der Waals surface area contributed by atoms with Crippen molar-refractivity contribution in [3.8, 4) is 0 Å². The van der Waals surface area contributed by atoms with Gasteiger partial charge in [0.1, 0.15) is 10.4 Å². The summed E-state index contributed by atoms with van der Waals surface area (Å²) in [6.45, 7) is 0.958. The molecule has 0 fully saturated rings. The van der Waals surface area contributed by atoms with Gasteiger partial charge in [-0.25, -0.2) is 4.68 Å². The zero-order chi connectivity index (χ0) is 9.42. The molecule has 0 aliphatic carbocycles. The number of anilines is 1. The summed E-state index contributed by atoms with van der Waals surface area (Å²) >= 11 is 5.75. The lowest BCUT2D eigenvalue weighted by Gasteiger charge is -2.12. The third-order valence-corrected chi connectivity index (χ3v) is 3.19. The second-order valence-corrected chi connectivity index (χ2v) is 5.18. The number of allylic oxidation sites excluding steroid dienone is 1. The summed E-state index contributed by atoms with van der Waals surface area (Å²) in [4.78, 5) is 2.10. The van der Waals surface area contributed by atoms with Gasteiger partial charge < -0.3 is 4.90 Å². The Labute approximate surface area is 99.1 Å². The number of aromatic nitrogens is 2. The van der Waals surface area contributed by atoms with Crippen molar-refractivity contribution in [2.45, 2.75) is 13.0 Å². The van der Waals surface area contributed by atoms with Crippen LogP contribution >= 0.6 is 38.5 Å². The molecule has 0 N–H and O–H groups in total. The molecule has 0 atom stereocenters. The van der Waals surface area contributed by atoms with Crippen LogP contribution in [0.1, 0.15) is 6.42 Å². The summed E-state index contributed by atoms with van der Waals surface area (Å²) < 4.78 is 4.29. The Balaban J connectivity index is 2.43. The summed E-state index contributed by atoms with van der Waals surface area (Å²) in [7, 11) is 2.05. The standard InChI is InChI=1S/C8H9BrIN3/c1-12-5-6(10)2-3-13-8(12)4-7(9)11-13/h4-5H,2-3H2,1H3. The van der Waals surface area contributed by atoms with Gasteiger partial charge in [-0.2, -0.15) is 5.10 Å². The van der Waals surface area contributed by atoms with E-state index in [9.17, 15) is 0 Å². The van der Waals surface area contributed by atoms with Crippen molar-refractivity contribution in [2.24, 2.45) is 0 Å². The average molecular weight is 354 g/mol. The molecule has 0 amide bonds. The number of hydrogen-bond donors (Lipinski definition) is 0. The maximum atomic E-state index is 4.35. The number of halogens is 2. The summed E-state index contributed by atoms with van der Waals surface area (Å²) in [6.07, 6.45) is 3.21. The molecule has 2 rings (SSSR count). The maximum absolute atomic E-state index is 4.35. The third kappa shape index (κ3) is 1.90. The molecule has 0 aromatic carbocycles. The van der Waals surface area contributed by atoms with Gasteiger partial charge >= 0.3 is 0 Å². The lowest BCUT2D eigenvalue weighted by atomic mass is 10.4. The van der Waals surface area contributed by atoms with Crippen molar-refractivity contribution in [3.05, 3.63) is 20.4 Å². The van der Waals surface area contributed by atoms with E-state index in [1.54, 1.807) is 0 Å². The fourth-order valence-corrected chi connectivity index (χ4v) is 2.43. The Kier molecular flexibility index (Phi) is 2.64.